The molecule has 0 spiro atoms. The van der Waals surface area contributed by atoms with Gasteiger partial charge in [-0.3, -0.25) is 9.31 Å². The van der Waals surface area contributed by atoms with E-state index in [0.717, 1.165) is 0 Å². The molecule has 122 valence electrons. The van der Waals surface area contributed by atoms with E-state index < -0.39 is 16.6 Å². The van der Waals surface area contributed by atoms with Crippen LogP contribution < -0.4 is 5.32 Å². The van der Waals surface area contributed by atoms with Crippen molar-refractivity contribution in [3.05, 3.63) is 34.2 Å². The third kappa shape index (κ3) is 3.50. The van der Waals surface area contributed by atoms with Gasteiger partial charge in [0.15, 0.2) is 0 Å². The highest BCUT2D eigenvalue weighted by Crippen LogP contribution is 2.35. The minimum atomic E-state index is -1.17. The van der Waals surface area contributed by atoms with Gasteiger partial charge in [0, 0.05) is 46.3 Å². The van der Waals surface area contributed by atoms with Crippen LogP contribution in [0.2, 0.25) is 5.02 Å². The second-order valence-corrected chi connectivity index (χ2v) is 6.12. The molecule has 2 aromatic rings. The Hall–Kier alpha value is -1.40. The van der Waals surface area contributed by atoms with Gasteiger partial charge in [0.1, 0.15) is 5.82 Å². The molecule has 0 fully saturated rings. The number of benzene rings is 1. The number of nitrogens with one attached hydrogen (secondary N) is 2. The molecule has 0 saturated carbocycles. The maximum absolute atomic E-state index is 14.5. The van der Waals surface area contributed by atoms with Gasteiger partial charge < -0.3 is 5.32 Å². The van der Waals surface area contributed by atoms with Crippen LogP contribution in [0.1, 0.15) is 31.9 Å². The fourth-order valence-corrected chi connectivity index (χ4v) is 3.19. The number of aromatic amines is 1. The second-order valence-electron chi connectivity index (χ2n) is 4.31. The molecule has 0 aliphatic carbocycles. The summed E-state index contributed by atoms with van der Waals surface area (Å²) in [7, 11) is 0.568. The normalized spacial score (nSPS) is 12.8. The minimum Gasteiger partial charge on any atom is -0.388 e. The number of hydrogen-bond donors (Lipinski definition) is 2. The predicted molar refractivity (Wildman–Crippen MR) is 92.9 cm³/mol. The van der Waals surface area contributed by atoms with E-state index in [9.17, 15) is 8.60 Å². The molecular formula is C15H21ClFN3OS. The van der Waals surface area contributed by atoms with Crippen molar-refractivity contribution in [2.24, 2.45) is 0 Å². The van der Waals surface area contributed by atoms with Gasteiger partial charge in [0.25, 0.3) is 0 Å². The van der Waals surface area contributed by atoms with Crippen LogP contribution in [0.3, 0.4) is 0 Å². The maximum Gasteiger partial charge on any atom is 0.148 e. The Morgan fingerprint density at radius 3 is 2.68 bits per heavy atom. The maximum atomic E-state index is 14.5. The predicted octanol–water partition coefficient (Wildman–Crippen LogP) is 3.84. The van der Waals surface area contributed by atoms with Crippen molar-refractivity contribution >= 4 is 39.0 Å². The standard InChI is InChI=1S/C13H15ClFN3OS.C2H6/c1-4-9(16-2)10-7-5-17-18-13(7)8(6-20(3)19)12(15)11(10)14;1-2/h4-5,16H,6H2,1-3H3,(H,17,18);1-2H3/b9-4-;. The highest BCUT2D eigenvalue weighted by molar-refractivity contribution is 7.83. The number of aromatic nitrogens is 2. The molecule has 0 aliphatic rings. The van der Waals surface area contributed by atoms with Crippen molar-refractivity contribution in [2.45, 2.75) is 26.5 Å². The molecule has 7 heteroatoms. The quantitative estimate of drug-likeness (QED) is 0.885. The third-order valence-corrected chi connectivity index (χ3v) is 4.11. The molecule has 0 aliphatic heterocycles. The Bertz CT molecular complexity index is 712. The summed E-state index contributed by atoms with van der Waals surface area (Å²) >= 11 is 6.17. The first-order chi connectivity index (χ1) is 10.5. The lowest BCUT2D eigenvalue weighted by molar-refractivity contribution is 0.617. The van der Waals surface area contributed by atoms with Crippen LogP contribution in [0, 0.1) is 5.82 Å². The molecule has 1 aromatic heterocycles. The van der Waals surface area contributed by atoms with Crippen LogP contribution in [0.5, 0.6) is 0 Å². The average molecular weight is 346 g/mol. The largest absolute Gasteiger partial charge is 0.388 e. The van der Waals surface area contributed by atoms with E-state index in [-0.39, 0.29) is 10.8 Å². The monoisotopic (exact) mass is 345 g/mol. The van der Waals surface area contributed by atoms with Crippen molar-refractivity contribution in [1.82, 2.24) is 15.5 Å². The lowest BCUT2D eigenvalue weighted by Crippen LogP contribution is -2.08. The lowest BCUT2D eigenvalue weighted by Gasteiger charge is -2.14. The number of H-pyrrole nitrogens is 1. The first-order valence-electron chi connectivity index (χ1n) is 6.98. The van der Waals surface area contributed by atoms with Crippen molar-refractivity contribution in [2.75, 3.05) is 13.3 Å². The van der Waals surface area contributed by atoms with Gasteiger partial charge in [-0.25, -0.2) is 4.39 Å². The molecule has 0 radical (unpaired) electrons. The van der Waals surface area contributed by atoms with Crippen molar-refractivity contribution in [3.8, 4) is 0 Å². The molecule has 0 saturated heterocycles. The molecular weight excluding hydrogens is 325 g/mol. The van der Waals surface area contributed by atoms with Crippen molar-refractivity contribution in [1.29, 1.82) is 0 Å². The SMILES string of the molecule is C/C=C(\NC)c1c(Cl)c(F)c(CS(C)=O)c2[nH]ncc12.CC. The van der Waals surface area contributed by atoms with E-state index >= 15 is 0 Å². The number of allylic oxidation sites excluding steroid dienone is 1. The molecule has 1 aromatic carbocycles. The smallest absolute Gasteiger partial charge is 0.148 e. The first-order valence-corrected chi connectivity index (χ1v) is 9.09. The summed E-state index contributed by atoms with van der Waals surface area (Å²) < 4.78 is 25.9. The van der Waals surface area contributed by atoms with Gasteiger partial charge in [-0.2, -0.15) is 5.10 Å². The van der Waals surface area contributed by atoms with Crippen LogP contribution in [0.15, 0.2) is 12.3 Å². The summed E-state index contributed by atoms with van der Waals surface area (Å²) in [6.45, 7) is 5.83. The van der Waals surface area contributed by atoms with E-state index in [2.05, 4.69) is 15.5 Å². The fraction of sp³-hybridized carbons (Fsp3) is 0.400. The number of hydrogen-bond acceptors (Lipinski definition) is 3. The number of halogens is 2. The number of fused-ring (bicyclic) bond motifs is 1. The molecule has 1 unspecified atom stereocenters. The van der Waals surface area contributed by atoms with E-state index in [1.807, 2.05) is 26.8 Å². The molecule has 22 heavy (non-hydrogen) atoms. The van der Waals surface area contributed by atoms with Crippen molar-refractivity contribution < 1.29 is 8.60 Å². The van der Waals surface area contributed by atoms with Gasteiger partial charge in [-0.15, -0.1) is 0 Å². The second kappa shape index (κ2) is 8.29. The average Bonchev–Trinajstić information content (AvgIpc) is 2.98. The van der Waals surface area contributed by atoms with Gasteiger partial charge in [-0.05, 0) is 6.92 Å². The molecule has 0 amide bonds. The third-order valence-electron chi connectivity index (χ3n) is 3.06. The van der Waals surface area contributed by atoms with E-state index in [1.165, 1.54) is 6.26 Å². The Morgan fingerprint density at radius 2 is 2.18 bits per heavy atom. The summed E-state index contributed by atoms with van der Waals surface area (Å²) in [5.41, 5.74) is 2.11. The molecule has 2 N–H and O–H groups in total. The van der Waals surface area contributed by atoms with Crippen LogP contribution >= 0.6 is 11.6 Å². The molecule has 1 heterocycles. The summed E-state index contributed by atoms with van der Waals surface area (Å²) in [4.78, 5) is 0. The Kier molecular flexibility index (Phi) is 7.03. The highest BCUT2D eigenvalue weighted by Gasteiger charge is 2.22. The Labute approximate surface area is 137 Å². The molecule has 2 rings (SSSR count). The first kappa shape index (κ1) is 18.6. The molecule has 0 bridgehead atoms. The zero-order valence-corrected chi connectivity index (χ0v) is 15.0. The highest BCUT2D eigenvalue weighted by atomic mass is 35.5. The molecule has 1 atom stereocenters. The topological polar surface area (TPSA) is 57.8 Å². The Balaban J connectivity index is 0.00000116. The fourth-order valence-electron chi connectivity index (χ4n) is 2.19. The van der Waals surface area contributed by atoms with Gasteiger partial charge in [0.05, 0.1) is 22.5 Å². The summed E-state index contributed by atoms with van der Waals surface area (Å²) in [5.74, 6) is -0.460. The van der Waals surface area contributed by atoms with Gasteiger partial charge in [-0.1, -0.05) is 31.5 Å². The van der Waals surface area contributed by atoms with Crippen molar-refractivity contribution in [3.63, 3.8) is 0 Å². The van der Waals surface area contributed by atoms with Crippen LogP contribution in [0.4, 0.5) is 4.39 Å². The Morgan fingerprint density at radius 1 is 1.55 bits per heavy atom. The molecule has 4 nitrogen and oxygen atoms in total. The van der Waals surface area contributed by atoms with Gasteiger partial charge >= 0.3 is 0 Å². The van der Waals surface area contributed by atoms with E-state index in [0.29, 0.717) is 27.7 Å². The van der Waals surface area contributed by atoms with E-state index in [1.54, 1.807) is 13.2 Å². The minimum absolute atomic E-state index is 0.0156. The zero-order valence-electron chi connectivity index (χ0n) is 13.4. The summed E-state index contributed by atoms with van der Waals surface area (Å²) in [6, 6.07) is 0. The van der Waals surface area contributed by atoms with Gasteiger partial charge in [0.2, 0.25) is 0 Å². The van der Waals surface area contributed by atoms with Crippen LogP contribution in [0.25, 0.3) is 16.6 Å². The zero-order chi connectivity index (χ0) is 16.9. The number of rotatable bonds is 4. The lowest BCUT2D eigenvalue weighted by atomic mass is 10.0. The summed E-state index contributed by atoms with van der Waals surface area (Å²) in [5, 5.41) is 10.4. The van der Waals surface area contributed by atoms with Crippen LogP contribution in [-0.2, 0) is 16.6 Å². The number of nitrogens with zero attached hydrogens (tertiary/aromatic N) is 1. The van der Waals surface area contributed by atoms with Crippen LogP contribution in [-0.4, -0.2) is 27.7 Å². The summed E-state index contributed by atoms with van der Waals surface area (Å²) in [6.07, 6.45) is 4.93. The van der Waals surface area contributed by atoms with E-state index in [4.69, 9.17) is 11.6 Å².